The van der Waals surface area contributed by atoms with Gasteiger partial charge in [-0.3, -0.25) is 14.6 Å². The summed E-state index contributed by atoms with van der Waals surface area (Å²) in [4.78, 5) is 32.8. The molecule has 2 fully saturated rings. The molecule has 2 saturated heterocycles. The van der Waals surface area contributed by atoms with E-state index in [1.54, 1.807) is 6.20 Å². The second kappa shape index (κ2) is 7.64. The van der Waals surface area contributed by atoms with Gasteiger partial charge < -0.3 is 15.1 Å². The number of anilines is 1. The molecule has 0 spiro atoms. The summed E-state index contributed by atoms with van der Waals surface area (Å²) in [6.07, 6.45) is 7.17. The van der Waals surface area contributed by atoms with Crippen molar-refractivity contribution in [1.29, 1.82) is 0 Å². The third-order valence-electron chi connectivity index (χ3n) is 4.88. The van der Waals surface area contributed by atoms with E-state index in [1.165, 1.54) is 6.42 Å². The molecule has 130 valence electrons. The van der Waals surface area contributed by atoms with Gasteiger partial charge in [0.1, 0.15) is 5.69 Å². The van der Waals surface area contributed by atoms with E-state index in [0.717, 1.165) is 44.5 Å². The third-order valence-corrected chi connectivity index (χ3v) is 4.88. The molecule has 1 unspecified atom stereocenters. The molecule has 2 aliphatic rings. The fourth-order valence-corrected chi connectivity index (χ4v) is 3.64. The summed E-state index contributed by atoms with van der Waals surface area (Å²) >= 11 is 0. The molecule has 2 aliphatic heterocycles. The number of hydrogen-bond donors (Lipinski definition) is 1. The van der Waals surface area contributed by atoms with Crippen molar-refractivity contribution in [2.75, 3.05) is 31.1 Å². The summed E-state index contributed by atoms with van der Waals surface area (Å²) in [7, 11) is 0. The molecular formula is C18H26N4O2. The van der Waals surface area contributed by atoms with Gasteiger partial charge in [-0.05, 0) is 37.8 Å². The lowest BCUT2D eigenvalue weighted by Gasteiger charge is -2.35. The molecule has 24 heavy (non-hydrogen) atoms. The number of pyridine rings is 1. The highest BCUT2D eigenvalue weighted by Gasteiger charge is 2.28. The van der Waals surface area contributed by atoms with E-state index in [4.69, 9.17) is 0 Å². The highest BCUT2D eigenvalue weighted by Crippen LogP contribution is 2.24. The van der Waals surface area contributed by atoms with Crippen LogP contribution in [0.5, 0.6) is 0 Å². The average Bonchev–Trinajstić information content (AvgIpc) is 2.62. The first-order chi connectivity index (χ1) is 11.7. The van der Waals surface area contributed by atoms with Gasteiger partial charge in [-0.2, -0.15) is 0 Å². The van der Waals surface area contributed by atoms with E-state index in [2.05, 4.69) is 17.2 Å². The van der Waals surface area contributed by atoms with Gasteiger partial charge in [0.2, 0.25) is 5.91 Å². The second-order valence-corrected chi connectivity index (χ2v) is 6.61. The zero-order valence-electron chi connectivity index (χ0n) is 14.3. The van der Waals surface area contributed by atoms with Crippen LogP contribution in [0.2, 0.25) is 0 Å². The molecule has 0 bridgehead atoms. The fraction of sp³-hybridized carbons (Fsp3) is 0.611. The first-order valence-corrected chi connectivity index (χ1v) is 8.97. The molecule has 0 aromatic carbocycles. The van der Waals surface area contributed by atoms with Crippen molar-refractivity contribution >= 4 is 17.5 Å². The number of nitrogens with one attached hydrogen (secondary N) is 1. The highest BCUT2D eigenvalue weighted by atomic mass is 16.2. The van der Waals surface area contributed by atoms with Crippen molar-refractivity contribution in [3.8, 4) is 0 Å². The van der Waals surface area contributed by atoms with Gasteiger partial charge in [-0.15, -0.1) is 0 Å². The number of nitrogens with zero attached hydrogens (tertiary/aromatic N) is 3. The molecule has 6 heteroatoms. The van der Waals surface area contributed by atoms with Crippen LogP contribution < -0.4 is 10.2 Å². The molecule has 0 aliphatic carbocycles. The van der Waals surface area contributed by atoms with E-state index in [1.807, 2.05) is 21.9 Å². The van der Waals surface area contributed by atoms with Crippen molar-refractivity contribution in [3.05, 3.63) is 24.0 Å². The summed E-state index contributed by atoms with van der Waals surface area (Å²) in [5.41, 5.74) is 1.38. The van der Waals surface area contributed by atoms with Crippen molar-refractivity contribution in [2.45, 2.75) is 45.1 Å². The zero-order chi connectivity index (χ0) is 16.9. The van der Waals surface area contributed by atoms with Gasteiger partial charge in [0, 0.05) is 37.6 Å². The summed E-state index contributed by atoms with van der Waals surface area (Å²) in [6, 6.07) is 4.04. The predicted octanol–water partition coefficient (Wildman–Crippen LogP) is 1.81. The zero-order valence-corrected chi connectivity index (χ0v) is 14.3. The topological polar surface area (TPSA) is 65.5 Å². The molecule has 2 amide bonds. The van der Waals surface area contributed by atoms with Gasteiger partial charge in [0.25, 0.3) is 5.91 Å². The molecule has 0 saturated carbocycles. The van der Waals surface area contributed by atoms with Crippen LogP contribution in [-0.2, 0) is 4.79 Å². The normalized spacial score (nSPS) is 21.5. The second-order valence-electron chi connectivity index (χ2n) is 6.61. The molecule has 1 atom stereocenters. The molecule has 0 radical (unpaired) electrons. The minimum Gasteiger partial charge on any atom is -0.360 e. The van der Waals surface area contributed by atoms with E-state index in [0.29, 0.717) is 24.8 Å². The number of piperazine rings is 1. The van der Waals surface area contributed by atoms with Crippen molar-refractivity contribution in [1.82, 2.24) is 15.2 Å². The minimum absolute atomic E-state index is 0.0185. The quantitative estimate of drug-likeness (QED) is 0.914. The van der Waals surface area contributed by atoms with Crippen LogP contribution in [0.1, 0.15) is 49.5 Å². The van der Waals surface area contributed by atoms with Gasteiger partial charge in [0.05, 0.1) is 6.54 Å². The SMILES string of the molecule is CCCC1CCCCN1C(=O)c1cc(N2CCNC(=O)C2)ccn1. The van der Waals surface area contributed by atoms with Crippen LogP contribution in [0.4, 0.5) is 5.69 Å². The molecule has 3 rings (SSSR count). The lowest BCUT2D eigenvalue weighted by molar-refractivity contribution is -0.120. The molecule has 1 N–H and O–H groups in total. The third kappa shape index (κ3) is 3.68. The maximum absolute atomic E-state index is 12.9. The Kier molecular flexibility index (Phi) is 5.33. The average molecular weight is 330 g/mol. The van der Waals surface area contributed by atoms with Crippen LogP contribution in [0.25, 0.3) is 0 Å². The molecule has 1 aromatic heterocycles. The number of carbonyl (C=O) groups is 2. The van der Waals surface area contributed by atoms with Crippen molar-refractivity contribution in [2.24, 2.45) is 0 Å². The lowest BCUT2D eigenvalue weighted by atomic mass is 9.98. The maximum atomic E-state index is 12.9. The Labute approximate surface area is 143 Å². The first-order valence-electron chi connectivity index (χ1n) is 8.97. The summed E-state index contributed by atoms with van der Waals surface area (Å²) in [6.45, 7) is 4.71. The molecule has 1 aromatic rings. The van der Waals surface area contributed by atoms with E-state index in [-0.39, 0.29) is 11.8 Å². The van der Waals surface area contributed by atoms with Gasteiger partial charge in [-0.1, -0.05) is 13.3 Å². The summed E-state index contributed by atoms with van der Waals surface area (Å²) in [5.74, 6) is 0.0430. The number of aromatic nitrogens is 1. The number of piperidine rings is 1. The Morgan fingerprint density at radius 2 is 2.25 bits per heavy atom. The molecular weight excluding hydrogens is 304 g/mol. The van der Waals surface area contributed by atoms with Gasteiger partial charge in [0.15, 0.2) is 0 Å². The minimum atomic E-state index is 0.0185. The number of likely N-dealkylation sites (tertiary alicyclic amines) is 1. The van der Waals surface area contributed by atoms with Crippen LogP contribution in [0.3, 0.4) is 0 Å². The van der Waals surface area contributed by atoms with Gasteiger partial charge >= 0.3 is 0 Å². The monoisotopic (exact) mass is 330 g/mol. The fourth-order valence-electron chi connectivity index (χ4n) is 3.64. The van der Waals surface area contributed by atoms with Crippen LogP contribution in [0.15, 0.2) is 18.3 Å². The maximum Gasteiger partial charge on any atom is 0.272 e. The van der Waals surface area contributed by atoms with Crippen molar-refractivity contribution in [3.63, 3.8) is 0 Å². The van der Waals surface area contributed by atoms with E-state index in [9.17, 15) is 9.59 Å². The van der Waals surface area contributed by atoms with Crippen LogP contribution >= 0.6 is 0 Å². The Morgan fingerprint density at radius 3 is 3.04 bits per heavy atom. The first kappa shape index (κ1) is 16.7. The Hall–Kier alpha value is -2.11. The lowest BCUT2D eigenvalue weighted by Crippen LogP contribution is -2.48. The Morgan fingerprint density at radius 1 is 1.38 bits per heavy atom. The predicted molar refractivity (Wildman–Crippen MR) is 93.0 cm³/mol. The largest absolute Gasteiger partial charge is 0.360 e. The van der Waals surface area contributed by atoms with E-state index >= 15 is 0 Å². The number of rotatable bonds is 4. The summed E-state index contributed by atoms with van der Waals surface area (Å²) in [5, 5.41) is 2.82. The Balaban J connectivity index is 1.77. The number of carbonyl (C=O) groups excluding carboxylic acids is 2. The standard InChI is InChI=1S/C18H26N4O2/c1-2-5-14-6-3-4-10-22(14)18(24)16-12-15(7-8-19-16)21-11-9-20-17(23)13-21/h7-8,12,14H,2-6,9-11,13H2,1H3,(H,20,23). The molecule has 3 heterocycles. The highest BCUT2D eigenvalue weighted by molar-refractivity contribution is 5.93. The van der Waals surface area contributed by atoms with E-state index < -0.39 is 0 Å². The Bertz CT molecular complexity index is 602. The summed E-state index contributed by atoms with van der Waals surface area (Å²) < 4.78 is 0. The van der Waals surface area contributed by atoms with Crippen LogP contribution in [0, 0.1) is 0 Å². The van der Waals surface area contributed by atoms with Crippen molar-refractivity contribution < 1.29 is 9.59 Å². The number of amides is 2. The smallest absolute Gasteiger partial charge is 0.272 e. The molecule has 6 nitrogen and oxygen atoms in total. The van der Waals surface area contributed by atoms with Crippen LogP contribution in [-0.4, -0.2) is 53.9 Å². The number of hydrogen-bond acceptors (Lipinski definition) is 4. The van der Waals surface area contributed by atoms with Gasteiger partial charge in [-0.25, -0.2) is 0 Å².